The number of hydrogen-bond acceptors (Lipinski definition) is 4. The number of ether oxygens (including phenoxy) is 3. The van der Waals surface area contributed by atoms with Crippen LogP contribution in [0.4, 0.5) is 0 Å². The van der Waals surface area contributed by atoms with Crippen LogP contribution in [0, 0.1) is 5.41 Å². The predicted octanol–water partition coefficient (Wildman–Crippen LogP) is 3.18. The highest BCUT2D eigenvalue weighted by Crippen LogP contribution is 2.39. The van der Waals surface area contributed by atoms with Gasteiger partial charge in [0.25, 0.3) is 0 Å². The van der Waals surface area contributed by atoms with Crippen molar-refractivity contribution in [1.82, 2.24) is 10.2 Å². The first-order chi connectivity index (χ1) is 12.0. The van der Waals surface area contributed by atoms with Crippen molar-refractivity contribution < 1.29 is 14.2 Å². The smallest absolute Gasteiger partial charge is 0.203 e. The van der Waals surface area contributed by atoms with Gasteiger partial charge in [-0.3, -0.25) is 4.99 Å². The Kier molecular flexibility index (Phi) is 8.79. The van der Waals surface area contributed by atoms with Crippen molar-refractivity contribution in [2.45, 2.75) is 26.7 Å². The van der Waals surface area contributed by atoms with Gasteiger partial charge < -0.3 is 24.4 Å². The molecule has 0 unspecified atom stereocenters. The quantitative estimate of drug-likeness (QED) is 0.388. The summed E-state index contributed by atoms with van der Waals surface area (Å²) in [4.78, 5) is 6.75. The topological polar surface area (TPSA) is 55.3 Å². The molecule has 0 radical (unpaired) electrons. The van der Waals surface area contributed by atoms with Crippen molar-refractivity contribution in [1.29, 1.82) is 0 Å². The van der Waals surface area contributed by atoms with Crippen LogP contribution in [-0.4, -0.2) is 58.9 Å². The van der Waals surface area contributed by atoms with Gasteiger partial charge in [-0.2, -0.15) is 0 Å². The second-order valence-electron chi connectivity index (χ2n) is 7.05. The maximum Gasteiger partial charge on any atom is 0.203 e. The molecule has 1 aliphatic rings. The number of nitrogens with zero attached hydrogens (tertiary/aromatic N) is 2. The van der Waals surface area contributed by atoms with E-state index in [9.17, 15) is 0 Å². The van der Waals surface area contributed by atoms with Crippen molar-refractivity contribution in [2.75, 3.05) is 48.0 Å². The highest BCUT2D eigenvalue weighted by atomic mass is 127. The molecule has 1 fully saturated rings. The number of rotatable bonds is 6. The van der Waals surface area contributed by atoms with E-state index in [1.807, 2.05) is 19.2 Å². The molecule has 0 saturated carbocycles. The molecule has 0 atom stereocenters. The summed E-state index contributed by atoms with van der Waals surface area (Å²) in [5, 5.41) is 3.46. The molecule has 0 aromatic heterocycles. The van der Waals surface area contributed by atoms with E-state index < -0.39 is 0 Å². The van der Waals surface area contributed by atoms with Crippen molar-refractivity contribution in [3.8, 4) is 17.2 Å². The lowest BCUT2D eigenvalue weighted by Crippen LogP contribution is -2.41. The number of aliphatic imine (C=N–C) groups is 1. The van der Waals surface area contributed by atoms with Gasteiger partial charge in [-0.15, -0.1) is 24.0 Å². The lowest BCUT2D eigenvalue weighted by atomic mass is 9.93. The monoisotopic (exact) mass is 477 g/mol. The van der Waals surface area contributed by atoms with Gasteiger partial charge in [0.1, 0.15) is 0 Å². The molecule has 148 valence electrons. The third-order valence-corrected chi connectivity index (χ3v) is 4.65. The molecule has 0 amide bonds. The lowest BCUT2D eigenvalue weighted by Gasteiger charge is -2.24. The summed E-state index contributed by atoms with van der Waals surface area (Å²) in [5.41, 5.74) is 1.43. The van der Waals surface area contributed by atoms with Gasteiger partial charge in [0, 0.05) is 32.2 Å². The second-order valence-corrected chi connectivity index (χ2v) is 7.05. The summed E-state index contributed by atoms with van der Waals surface area (Å²) < 4.78 is 16.3. The number of halogens is 1. The highest BCUT2D eigenvalue weighted by Gasteiger charge is 2.30. The molecule has 0 spiro atoms. The van der Waals surface area contributed by atoms with E-state index in [2.05, 4.69) is 29.1 Å². The second kappa shape index (κ2) is 10.1. The van der Waals surface area contributed by atoms with Gasteiger partial charge in [-0.25, -0.2) is 0 Å². The summed E-state index contributed by atoms with van der Waals surface area (Å²) in [6, 6.07) is 3.93. The fourth-order valence-electron chi connectivity index (χ4n) is 3.29. The predicted molar refractivity (Wildman–Crippen MR) is 117 cm³/mol. The Morgan fingerprint density at radius 1 is 1.15 bits per heavy atom. The zero-order chi connectivity index (χ0) is 18.4. The van der Waals surface area contributed by atoms with E-state index in [1.54, 1.807) is 21.3 Å². The minimum Gasteiger partial charge on any atom is -0.493 e. The minimum atomic E-state index is 0. The molecule has 1 aliphatic heterocycles. The molecule has 0 aliphatic carbocycles. The average Bonchev–Trinajstić information content (AvgIpc) is 2.97. The van der Waals surface area contributed by atoms with Gasteiger partial charge in [0.05, 0.1) is 21.3 Å². The Hall–Kier alpha value is -1.38. The average molecular weight is 477 g/mol. The van der Waals surface area contributed by atoms with Gasteiger partial charge >= 0.3 is 0 Å². The van der Waals surface area contributed by atoms with Crippen LogP contribution < -0.4 is 19.5 Å². The minimum absolute atomic E-state index is 0. The van der Waals surface area contributed by atoms with Gasteiger partial charge in [-0.05, 0) is 24.3 Å². The van der Waals surface area contributed by atoms with Crippen molar-refractivity contribution in [2.24, 2.45) is 10.4 Å². The fourth-order valence-corrected chi connectivity index (χ4v) is 3.29. The Bertz CT molecular complexity index is 620. The molecule has 1 heterocycles. The number of likely N-dealkylation sites (tertiary alicyclic amines) is 1. The number of hydrogen-bond donors (Lipinski definition) is 1. The molecule has 0 bridgehead atoms. The number of benzene rings is 1. The summed E-state index contributed by atoms with van der Waals surface area (Å²) in [5.74, 6) is 2.99. The molecule has 1 saturated heterocycles. The Morgan fingerprint density at radius 2 is 1.85 bits per heavy atom. The lowest BCUT2D eigenvalue weighted by molar-refractivity contribution is 0.322. The summed E-state index contributed by atoms with van der Waals surface area (Å²) in [6.07, 6.45) is 2.00. The summed E-state index contributed by atoms with van der Waals surface area (Å²) >= 11 is 0. The first-order valence-corrected chi connectivity index (χ1v) is 8.69. The highest BCUT2D eigenvalue weighted by molar-refractivity contribution is 14.0. The van der Waals surface area contributed by atoms with Crippen LogP contribution in [0.3, 0.4) is 0 Å². The zero-order valence-electron chi connectivity index (χ0n) is 16.7. The van der Waals surface area contributed by atoms with Crippen molar-refractivity contribution >= 4 is 29.9 Å². The van der Waals surface area contributed by atoms with Gasteiger partial charge in [-0.1, -0.05) is 19.9 Å². The summed E-state index contributed by atoms with van der Waals surface area (Å²) in [7, 11) is 6.74. The summed E-state index contributed by atoms with van der Waals surface area (Å²) in [6.45, 7) is 7.46. The largest absolute Gasteiger partial charge is 0.493 e. The number of methoxy groups -OCH3 is 3. The van der Waals surface area contributed by atoms with E-state index in [4.69, 9.17) is 14.2 Å². The number of nitrogens with one attached hydrogen (secondary N) is 1. The molecule has 1 aromatic carbocycles. The Morgan fingerprint density at radius 3 is 2.35 bits per heavy atom. The number of guanidine groups is 1. The van der Waals surface area contributed by atoms with Crippen molar-refractivity contribution in [3.05, 3.63) is 17.7 Å². The van der Waals surface area contributed by atoms with Crippen LogP contribution in [0.2, 0.25) is 0 Å². The molecular weight excluding hydrogens is 445 g/mol. The first kappa shape index (κ1) is 22.7. The SMILES string of the molecule is CN=C(NCCc1ccc(OC)c(OC)c1OC)N1CCC(C)(C)C1.I. The van der Waals surface area contributed by atoms with Crippen LogP contribution in [-0.2, 0) is 6.42 Å². The molecular formula is C19H32IN3O3. The van der Waals surface area contributed by atoms with E-state index in [0.29, 0.717) is 16.9 Å². The normalized spacial score (nSPS) is 16.1. The first-order valence-electron chi connectivity index (χ1n) is 8.69. The van der Waals surface area contributed by atoms with Crippen molar-refractivity contribution in [3.63, 3.8) is 0 Å². The Balaban J connectivity index is 0.00000338. The maximum absolute atomic E-state index is 5.55. The van der Waals surface area contributed by atoms with Crippen LogP contribution in [0.1, 0.15) is 25.8 Å². The molecule has 6 nitrogen and oxygen atoms in total. The van der Waals surface area contributed by atoms with E-state index in [-0.39, 0.29) is 24.0 Å². The van der Waals surface area contributed by atoms with Gasteiger partial charge in [0.15, 0.2) is 17.5 Å². The van der Waals surface area contributed by atoms with E-state index >= 15 is 0 Å². The van der Waals surface area contributed by atoms with E-state index in [0.717, 1.165) is 43.3 Å². The Labute approximate surface area is 174 Å². The molecule has 1 aromatic rings. The van der Waals surface area contributed by atoms with E-state index in [1.165, 1.54) is 6.42 Å². The fraction of sp³-hybridized carbons (Fsp3) is 0.632. The van der Waals surface area contributed by atoms with Crippen LogP contribution in [0.25, 0.3) is 0 Å². The van der Waals surface area contributed by atoms with Gasteiger partial charge in [0.2, 0.25) is 5.75 Å². The molecule has 26 heavy (non-hydrogen) atoms. The standard InChI is InChI=1S/C19H31N3O3.HI/c1-19(2)10-12-22(13-19)18(20-3)21-11-9-14-7-8-15(23-4)17(25-6)16(14)24-5;/h7-8H,9-13H2,1-6H3,(H,20,21);1H. The zero-order valence-corrected chi connectivity index (χ0v) is 19.0. The van der Waals surface area contributed by atoms with Crippen LogP contribution >= 0.6 is 24.0 Å². The van der Waals surface area contributed by atoms with Crippen LogP contribution in [0.15, 0.2) is 17.1 Å². The third-order valence-electron chi connectivity index (χ3n) is 4.65. The van der Waals surface area contributed by atoms with Crippen LogP contribution in [0.5, 0.6) is 17.2 Å². The molecule has 1 N–H and O–H groups in total. The molecule has 2 rings (SSSR count). The third kappa shape index (κ3) is 5.31. The maximum atomic E-state index is 5.55. The molecule has 7 heteroatoms.